The summed E-state index contributed by atoms with van der Waals surface area (Å²) in [6, 6.07) is 0. The molecule has 1 amide bonds. The van der Waals surface area contributed by atoms with Crippen molar-refractivity contribution in [1.82, 2.24) is 5.32 Å². The van der Waals surface area contributed by atoms with Gasteiger partial charge in [0.25, 0.3) is 0 Å². The van der Waals surface area contributed by atoms with Gasteiger partial charge in [0.15, 0.2) is 0 Å². The molecule has 4 heteroatoms. The van der Waals surface area contributed by atoms with Crippen LogP contribution in [0.4, 0.5) is 0 Å². The van der Waals surface area contributed by atoms with Crippen molar-refractivity contribution < 1.29 is 4.79 Å². The van der Waals surface area contributed by atoms with Crippen molar-refractivity contribution in [3.05, 3.63) is 0 Å². The molecule has 0 aliphatic carbocycles. The fourth-order valence-electron chi connectivity index (χ4n) is 1.00. The number of hydrogen-bond acceptors (Lipinski definition) is 2. The second-order valence-electron chi connectivity index (χ2n) is 3.46. The summed E-state index contributed by atoms with van der Waals surface area (Å²) in [5.41, 5.74) is 0. The van der Waals surface area contributed by atoms with Crippen molar-refractivity contribution in [2.45, 2.75) is 25.6 Å². The Morgan fingerprint density at radius 2 is 2.15 bits per heavy atom. The lowest BCUT2D eigenvalue weighted by Crippen LogP contribution is -2.31. The van der Waals surface area contributed by atoms with Crippen LogP contribution in [0.2, 0.25) is 0 Å². The van der Waals surface area contributed by atoms with Gasteiger partial charge in [-0.2, -0.15) is 11.8 Å². The third-order valence-electron chi connectivity index (χ3n) is 1.52. The Bertz CT molecular complexity index is 153. The van der Waals surface area contributed by atoms with Gasteiger partial charge in [-0.05, 0) is 18.6 Å². The summed E-state index contributed by atoms with van der Waals surface area (Å²) in [6.45, 7) is 4.83. The van der Waals surface area contributed by atoms with Crippen LogP contribution in [-0.4, -0.2) is 29.8 Å². The van der Waals surface area contributed by atoms with Crippen LogP contribution in [0.15, 0.2) is 0 Å². The van der Waals surface area contributed by atoms with Gasteiger partial charge in [-0.25, -0.2) is 0 Å². The van der Waals surface area contributed by atoms with Crippen LogP contribution in [-0.2, 0) is 4.79 Å². The molecule has 0 saturated heterocycles. The maximum Gasteiger partial charge on any atom is 0.230 e. The number of amides is 1. The molecule has 0 heterocycles. The molecule has 0 rings (SSSR count). The Kier molecular flexibility index (Phi) is 7.57. The number of hydrogen-bond donors (Lipinski definition) is 1. The summed E-state index contributed by atoms with van der Waals surface area (Å²) >= 11 is 7.52. The SMILES string of the molecule is CSCC(=O)NCC(Cl)CC(C)C. The minimum Gasteiger partial charge on any atom is -0.354 e. The van der Waals surface area contributed by atoms with Crippen molar-refractivity contribution in [2.75, 3.05) is 18.6 Å². The zero-order valence-electron chi connectivity index (χ0n) is 8.47. The predicted octanol–water partition coefficient (Wildman–Crippen LogP) is 2.12. The summed E-state index contributed by atoms with van der Waals surface area (Å²) in [6.07, 6.45) is 2.85. The summed E-state index contributed by atoms with van der Waals surface area (Å²) in [5.74, 6) is 1.17. The fourth-order valence-corrected chi connectivity index (χ4v) is 1.80. The topological polar surface area (TPSA) is 29.1 Å². The average Bonchev–Trinajstić information content (AvgIpc) is 2.00. The van der Waals surface area contributed by atoms with Crippen LogP contribution >= 0.6 is 23.4 Å². The van der Waals surface area contributed by atoms with E-state index in [9.17, 15) is 4.79 Å². The molecule has 1 N–H and O–H groups in total. The molecule has 78 valence electrons. The molecule has 0 spiro atoms. The van der Waals surface area contributed by atoms with E-state index in [1.807, 2.05) is 6.26 Å². The van der Waals surface area contributed by atoms with Crippen LogP contribution in [0.1, 0.15) is 20.3 Å². The number of rotatable bonds is 6. The van der Waals surface area contributed by atoms with Crippen LogP contribution in [0.3, 0.4) is 0 Å². The first-order valence-corrected chi connectivity index (χ1v) is 6.29. The van der Waals surface area contributed by atoms with E-state index in [0.717, 1.165) is 6.42 Å². The summed E-state index contributed by atoms with van der Waals surface area (Å²) < 4.78 is 0. The van der Waals surface area contributed by atoms with E-state index < -0.39 is 0 Å². The van der Waals surface area contributed by atoms with E-state index in [2.05, 4.69) is 19.2 Å². The number of thioether (sulfide) groups is 1. The quantitative estimate of drug-likeness (QED) is 0.699. The minimum absolute atomic E-state index is 0.0609. The number of carbonyl (C=O) groups is 1. The molecule has 1 atom stereocenters. The van der Waals surface area contributed by atoms with Crippen LogP contribution in [0, 0.1) is 5.92 Å². The van der Waals surface area contributed by atoms with Gasteiger partial charge in [0.1, 0.15) is 0 Å². The highest BCUT2D eigenvalue weighted by atomic mass is 35.5. The van der Waals surface area contributed by atoms with Gasteiger partial charge in [-0.15, -0.1) is 11.6 Å². The third kappa shape index (κ3) is 8.44. The van der Waals surface area contributed by atoms with Crippen LogP contribution in [0.25, 0.3) is 0 Å². The summed E-state index contributed by atoms with van der Waals surface area (Å²) in [4.78, 5) is 11.0. The second-order valence-corrected chi connectivity index (χ2v) is 4.95. The summed E-state index contributed by atoms with van der Waals surface area (Å²) in [7, 11) is 0. The van der Waals surface area contributed by atoms with E-state index in [-0.39, 0.29) is 11.3 Å². The maximum absolute atomic E-state index is 11.0. The molecule has 1 unspecified atom stereocenters. The Morgan fingerprint density at radius 3 is 2.62 bits per heavy atom. The maximum atomic E-state index is 11.0. The number of nitrogens with one attached hydrogen (secondary N) is 1. The molecule has 2 nitrogen and oxygen atoms in total. The first kappa shape index (κ1) is 13.1. The monoisotopic (exact) mass is 223 g/mol. The zero-order chi connectivity index (χ0) is 10.3. The molecule has 0 aromatic rings. The van der Waals surface area contributed by atoms with Gasteiger partial charge in [-0.1, -0.05) is 13.8 Å². The second kappa shape index (κ2) is 7.51. The Morgan fingerprint density at radius 1 is 1.54 bits per heavy atom. The molecule has 0 fully saturated rings. The highest BCUT2D eigenvalue weighted by Crippen LogP contribution is 2.09. The molecular formula is C9H18ClNOS. The van der Waals surface area contributed by atoms with Gasteiger partial charge in [0.2, 0.25) is 5.91 Å². The fraction of sp³-hybridized carbons (Fsp3) is 0.889. The van der Waals surface area contributed by atoms with E-state index in [1.165, 1.54) is 11.8 Å². The van der Waals surface area contributed by atoms with Crippen molar-refractivity contribution in [2.24, 2.45) is 5.92 Å². The molecule has 0 aliphatic heterocycles. The molecular weight excluding hydrogens is 206 g/mol. The first-order valence-electron chi connectivity index (χ1n) is 4.46. The van der Waals surface area contributed by atoms with Crippen LogP contribution in [0.5, 0.6) is 0 Å². The van der Waals surface area contributed by atoms with Gasteiger partial charge >= 0.3 is 0 Å². The van der Waals surface area contributed by atoms with Crippen LogP contribution < -0.4 is 5.32 Å². The first-order chi connectivity index (χ1) is 6.06. The lowest BCUT2D eigenvalue weighted by Gasteiger charge is -2.12. The molecule has 0 saturated carbocycles. The lowest BCUT2D eigenvalue weighted by atomic mass is 10.1. The molecule has 0 aromatic heterocycles. The van der Waals surface area contributed by atoms with Crippen molar-refractivity contribution in [1.29, 1.82) is 0 Å². The predicted molar refractivity (Wildman–Crippen MR) is 60.5 cm³/mol. The minimum atomic E-state index is 0.0609. The number of alkyl halides is 1. The van der Waals surface area contributed by atoms with Crippen molar-refractivity contribution >= 4 is 29.3 Å². The molecule has 0 aliphatic rings. The van der Waals surface area contributed by atoms with Crippen molar-refractivity contribution in [3.63, 3.8) is 0 Å². The van der Waals surface area contributed by atoms with E-state index in [1.54, 1.807) is 0 Å². The van der Waals surface area contributed by atoms with Gasteiger partial charge in [-0.3, -0.25) is 4.79 Å². The Labute approximate surface area is 89.8 Å². The molecule has 0 bridgehead atoms. The van der Waals surface area contributed by atoms with E-state index >= 15 is 0 Å². The third-order valence-corrected chi connectivity index (χ3v) is 2.41. The van der Waals surface area contributed by atoms with Gasteiger partial charge < -0.3 is 5.32 Å². The van der Waals surface area contributed by atoms with Gasteiger partial charge in [0, 0.05) is 6.54 Å². The molecule has 13 heavy (non-hydrogen) atoms. The normalized spacial score (nSPS) is 13.0. The lowest BCUT2D eigenvalue weighted by molar-refractivity contribution is -0.118. The number of carbonyl (C=O) groups excluding carboxylic acids is 1. The summed E-state index contributed by atoms with van der Waals surface area (Å²) in [5, 5.41) is 2.86. The highest BCUT2D eigenvalue weighted by molar-refractivity contribution is 7.99. The van der Waals surface area contributed by atoms with Crippen molar-refractivity contribution in [3.8, 4) is 0 Å². The van der Waals surface area contributed by atoms with E-state index in [4.69, 9.17) is 11.6 Å². The zero-order valence-corrected chi connectivity index (χ0v) is 10.0. The average molecular weight is 224 g/mol. The standard InChI is InChI=1S/C9H18ClNOS/c1-7(2)4-8(10)5-11-9(12)6-13-3/h7-8H,4-6H2,1-3H3,(H,11,12). The Hall–Kier alpha value is 0.110. The highest BCUT2D eigenvalue weighted by Gasteiger charge is 2.08. The molecule has 0 aromatic carbocycles. The van der Waals surface area contributed by atoms with Gasteiger partial charge in [0.05, 0.1) is 11.1 Å². The largest absolute Gasteiger partial charge is 0.354 e. The Balaban J connectivity index is 3.45. The smallest absolute Gasteiger partial charge is 0.230 e. The molecule has 0 radical (unpaired) electrons. The number of halogens is 1. The van der Waals surface area contributed by atoms with E-state index in [0.29, 0.717) is 18.2 Å².